The van der Waals surface area contributed by atoms with Crippen molar-refractivity contribution in [1.82, 2.24) is 25.5 Å². The fourth-order valence-electron chi connectivity index (χ4n) is 3.14. The highest BCUT2D eigenvalue weighted by atomic mass is 19.4. The van der Waals surface area contributed by atoms with Crippen molar-refractivity contribution in [3.05, 3.63) is 95.8 Å². The second kappa shape index (κ2) is 10.0. The normalized spacial score (nSPS) is 11.1. The van der Waals surface area contributed by atoms with Crippen LogP contribution in [0.25, 0.3) is 5.69 Å². The fraction of sp³-hybridized carbons (Fsp3) is 0.0870. The molecule has 3 aromatic carbocycles. The first-order chi connectivity index (χ1) is 16.8. The number of hydrogen-bond acceptors (Lipinski definition) is 5. The van der Waals surface area contributed by atoms with Gasteiger partial charge in [0.15, 0.2) is 5.82 Å². The van der Waals surface area contributed by atoms with Gasteiger partial charge in [0.25, 0.3) is 5.91 Å². The summed E-state index contributed by atoms with van der Waals surface area (Å²) < 4.78 is 40.2. The summed E-state index contributed by atoms with van der Waals surface area (Å²) >= 11 is 0. The van der Waals surface area contributed by atoms with Gasteiger partial charge >= 0.3 is 12.2 Å². The molecule has 35 heavy (non-hydrogen) atoms. The molecule has 0 aliphatic heterocycles. The summed E-state index contributed by atoms with van der Waals surface area (Å²) in [6.07, 6.45) is -4.53. The molecule has 1 aromatic heterocycles. The predicted octanol–water partition coefficient (Wildman–Crippen LogP) is 4.26. The monoisotopic (exact) mass is 481 g/mol. The van der Waals surface area contributed by atoms with E-state index in [1.165, 1.54) is 35.0 Å². The number of alkyl halides is 3. The summed E-state index contributed by atoms with van der Waals surface area (Å²) in [5, 5.41) is 19.1. The third kappa shape index (κ3) is 5.99. The van der Waals surface area contributed by atoms with E-state index in [-0.39, 0.29) is 17.8 Å². The highest BCUT2D eigenvalue weighted by Crippen LogP contribution is 2.30. The zero-order valence-electron chi connectivity index (χ0n) is 18.0. The van der Waals surface area contributed by atoms with E-state index in [9.17, 15) is 22.8 Å². The molecule has 4 aromatic rings. The number of aromatic nitrogens is 4. The third-order valence-electron chi connectivity index (χ3n) is 4.77. The molecule has 0 aliphatic carbocycles. The van der Waals surface area contributed by atoms with Crippen molar-refractivity contribution in [3.8, 4) is 5.69 Å². The van der Waals surface area contributed by atoms with Crippen LogP contribution in [0.1, 0.15) is 21.7 Å². The lowest BCUT2D eigenvalue weighted by Gasteiger charge is -2.11. The van der Waals surface area contributed by atoms with Crippen molar-refractivity contribution in [3.63, 3.8) is 0 Å². The molecule has 3 N–H and O–H groups in total. The van der Waals surface area contributed by atoms with Gasteiger partial charge < -0.3 is 16.0 Å². The van der Waals surface area contributed by atoms with Gasteiger partial charge in [-0.3, -0.25) is 4.79 Å². The van der Waals surface area contributed by atoms with Crippen LogP contribution >= 0.6 is 0 Å². The minimum absolute atomic E-state index is 0.00272. The Balaban J connectivity index is 1.37. The highest BCUT2D eigenvalue weighted by molar-refractivity contribution is 6.05. The average Bonchev–Trinajstić information content (AvgIpc) is 3.32. The van der Waals surface area contributed by atoms with Crippen LogP contribution in [0.2, 0.25) is 0 Å². The maximum absolute atomic E-state index is 12.9. The van der Waals surface area contributed by atoms with Gasteiger partial charge in [-0.1, -0.05) is 30.3 Å². The molecule has 9 nitrogen and oxygen atoms in total. The van der Waals surface area contributed by atoms with E-state index in [0.717, 1.165) is 17.8 Å². The minimum atomic E-state index is -4.53. The molecule has 0 saturated carbocycles. The van der Waals surface area contributed by atoms with Crippen LogP contribution in [0.4, 0.5) is 29.3 Å². The summed E-state index contributed by atoms with van der Waals surface area (Å²) in [7, 11) is 0. The van der Waals surface area contributed by atoms with E-state index in [0.29, 0.717) is 11.5 Å². The van der Waals surface area contributed by atoms with E-state index in [1.807, 2.05) is 30.3 Å². The number of tetrazole rings is 1. The Bertz CT molecular complexity index is 1340. The van der Waals surface area contributed by atoms with Crippen LogP contribution in [-0.4, -0.2) is 32.1 Å². The van der Waals surface area contributed by atoms with Crippen molar-refractivity contribution < 1.29 is 22.8 Å². The molecule has 178 valence electrons. The van der Waals surface area contributed by atoms with Gasteiger partial charge in [-0.25, -0.2) is 4.79 Å². The second-order valence-corrected chi connectivity index (χ2v) is 7.26. The molecule has 0 unspecified atom stereocenters. The highest BCUT2D eigenvalue weighted by Gasteiger charge is 2.30. The zero-order valence-corrected chi connectivity index (χ0v) is 18.0. The van der Waals surface area contributed by atoms with Gasteiger partial charge in [0.1, 0.15) is 0 Å². The maximum atomic E-state index is 12.9. The number of anilines is 2. The van der Waals surface area contributed by atoms with Crippen LogP contribution < -0.4 is 16.0 Å². The first-order valence-electron chi connectivity index (χ1n) is 10.3. The lowest BCUT2D eigenvalue weighted by molar-refractivity contribution is -0.137. The van der Waals surface area contributed by atoms with Crippen LogP contribution in [-0.2, 0) is 12.7 Å². The number of hydrogen-bond donors (Lipinski definition) is 3. The molecule has 0 radical (unpaired) electrons. The number of nitrogens with one attached hydrogen (secondary N) is 3. The Morgan fingerprint density at radius 1 is 0.857 bits per heavy atom. The number of para-hydroxylation sites is 1. The molecule has 1 heterocycles. The van der Waals surface area contributed by atoms with Crippen LogP contribution in [0.5, 0.6) is 0 Å². The zero-order chi connectivity index (χ0) is 24.8. The molecule has 0 spiro atoms. The summed E-state index contributed by atoms with van der Waals surface area (Å²) in [5.41, 5.74) is 0.307. The number of carbonyl (C=O) groups is 2. The Labute approximate surface area is 197 Å². The molecule has 12 heteroatoms. The van der Waals surface area contributed by atoms with Gasteiger partial charge in [0.05, 0.1) is 17.8 Å². The number of nitrogens with zero attached hydrogens (tertiary/aromatic N) is 4. The van der Waals surface area contributed by atoms with E-state index in [4.69, 9.17) is 0 Å². The van der Waals surface area contributed by atoms with Crippen molar-refractivity contribution in [1.29, 1.82) is 0 Å². The smallest absolute Gasteiger partial charge is 0.330 e. The van der Waals surface area contributed by atoms with Gasteiger partial charge in [-0.05, 0) is 59.0 Å². The van der Waals surface area contributed by atoms with Crippen molar-refractivity contribution in [2.75, 3.05) is 10.6 Å². The topological polar surface area (TPSA) is 114 Å². The lowest BCUT2D eigenvalue weighted by Crippen LogP contribution is -2.29. The third-order valence-corrected chi connectivity index (χ3v) is 4.77. The van der Waals surface area contributed by atoms with Gasteiger partial charge in [-0.2, -0.15) is 17.9 Å². The van der Waals surface area contributed by atoms with Crippen molar-refractivity contribution in [2.45, 2.75) is 12.7 Å². The van der Waals surface area contributed by atoms with E-state index in [2.05, 4.69) is 31.5 Å². The molecule has 0 atom stereocenters. The SMILES string of the molecule is O=C(NCc1nnnn1-c1ccccc1)Nc1cccc(C(=O)Nc2cccc(C(F)(F)F)c2)c1. The predicted molar refractivity (Wildman–Crippen MR) is 121 cm³/mol. The number of urea groups is 1. The summed E-state index contributed by atoms with van der Waals surface area (Å²) in [5.74, 6) is -0.226. The first kappa shape index (κ1) is 23.4. The number of carbonyl (C=O) groups excluding carboxylic acids is 2. The molecule has 0 saturated heterocycles. The number of amides is 3. The Hall–Kier alpha value is -4.74. The van der Waals surface area contributed by atoms with Crippen molar-refractivity contribution in [2.24, 2.45) is 0 Å². The Morgan fingerprint density at radius 2 is 1.57 bits per heavy atom. The maximum Gasteiger partial charge on any atom is 0.416 e. The molecule has 3 amide bonds. The van der Waals surface area contributed by atoms with Gasteiger partial charge in [0, 0.05) is 16.9 Å². The van der Waals surface area contributed by atoms with Crippen LogP contribution in [0.3, 0.4) is 0 Å². The standard InChI is InChI=1S/C23H18F3N7O2/c24-23(25,26)16-7-5-9-18(13-16)28-21(34)15-6-4-8-17(12-15)29-22(35)27-14-20-30-31-32-33(20)19-10-2-1-3-11-19/h1-13H,14H2,(H,28,34)(H2,27,29,35). The van der Waals surface area contributed by atoms with Crippen molar-refractivity contribution >= 4 is 23.3 Å². The Morgan fingerprint density at radius 3 is 2.31 bits per heavy atom. The molecular weight excluding hydrogens is 463 g/mol. The number of rotatable bonds is 6. The Kier molecular flexibility index (Phi) is 6.71. The molecule has 0 aliphatic rings. The summed E-state index contributed by atoms with van der Waals surface area (Å²) in [4.78, 5) is 24.9. The average molecular weight is 481 g/mol. The van der Waals surface area contributed by atoms with E-state index in [1.54, 1.807) is 6.07 Å². The number of benzene rings is 3. The van der Waals surface area contributed by atoms with E-state index < -0.39 is 23.7 Å². The summed E-state index contributed by atoms with van der Waals surface area (Å²) in [6.45, 7) is 0.0312. The molecule has 4 rings (SSSR count). The van der Waals surface area contributed by atoms with Crippen LogP contribution in [0.15, 0.2) is 78.9 Å². The van der Waals surface area contributed by atoms with Gasteiger partial charge in [-0.15, -0.1) is 5.10 Å². The quantitative estimate of drug-likeness (QED) is 0.381. The number of halogens is 3. The fourth-order valence-corrected chi connectivity index (χ4v) is 3.14. The van der Waals surface area contributed by atoms with E-state index >= 15 is 0 Å². The summed E-state index contributed by atoms with van der Waals surface area (Å²) in [6, 6.07) is 18.9. The largest absolute Gasteiger partial charge is 0.416 e. The second-order valence-electron chi connectivity index (χ2n) is 7.26. The lowest BCUT2D eigenvalue weighted by atomic mass is 10.1. The van der Waals surface area contributed by atoms with Gasteiger partial charge in [0.2, 0.25) is 0 Å². The molecule has 0 fully saturated rings. The first-order valence-corrected chi connectivity index (χ1v) is 10.3. The van der Waals surface area contributed by atoms with Crippen LogP contribution in [0, 0.1) is 0 Å². The molecule has 0 bridgehead atoms. The minimum Gasteiger partial charge on any atom is -0.330 e. The molecular formula is C23H18F3N7O2.